The van der Waals surface area contributed by atoms with Crippen LogP contribution in [0.3, 0.4) is 0 Å². The minimum atomic E-state index is 0.0968. The van der Waals surface area contributed by atoms with E-state index in [1.54, 1.807) is 7.11 Å². The molecule has 0 aromatic heterocycles. The van der Waals surface area contributed by atoms with Crippen molar-refractivity contribution >= 4 is 5.91 Å². The third-order valence-electron chi connectivity index (χ3n) is 4.07. The van der Waals surface area contributed by atoms with Gasteiger partial charge in [-0.1, -0.05) is 0 Å². The molecule has 2 atom stereocenters. The Morgan fingerprint density at radius 3 is 2.53 bits per heavy atom. The number of nitrogens with zero attached hydrogens (tertiary/aromatic N) is 2. The van der Waals surface area contributed by atoms with E-state index >= 15 is 0 Å². The highest BCUT2D eigenvalue weighted by molar-refractivity contribution is 5.76. The normalized spacial score (nSPS) is 19.5. The van der Waals surface area contributed by atoms with Gasteiger partial charge in [-0.05, 0) is 33.2 Å². The van der Waals surface area contributed by atoms with Crippen LogP contribution >= 0.6 is 0 Å². The summed E-state index contributed by atoms with van der Waals surface area (Å²) in [6.45, 7) is 5.08. The van der Waals surface area contributed by atoms with E-state index in [0.29, 0.717) is 19.6 Å². The molecule has 5 nitrogen and oxygen atoms in total. The average Bonchev–Trinajstić information content (AvgIpc) is 2.45. The number of amides is 1. The zero-order chi connectivity index (χ0) is 14.3. The number of hydrogen-bond acceptors (Lipinski definition) is 4. The maximum atomic E-state index is 12.3. The van der Waals surface area contributed by atoms with Gasteiger partial charge in [-0.3, -0.25) is 9.69 Å². The molecule has 1 rings (SSSR count). The first kappa shape index (κ1) is 16.4. The number of likely N-dealkylation sites (N-methyl/N-ethyl adjacent to an activating group) is 1. The smallest absolute Gasteiger partial charge is 0.224 e. The summed E-state index contributed by atoms with van der Waals surface area (Å²) in [5.74, 6) is 0.242. The Morgan fingerprint density at radius 2 is 2.00 bits per heavy atom. The zero-order valence-electron chi connectivity index (χ0n) is 12.6. The molecule has 1 aliphatic heterocycles. The van der Waals surface area contributed by atoms with Crippen LogP contribution in [0.1, 0.15) is 32.6 Å². The lowest BCUT2D eigenvalue weighted by Gasteiger charge is -2.34. The number of rotatable bonds is 7. The molecule has 2 N–H and O–H groups in total. The van der Waals surface area contributed by atoms with Gasteiger partial charge in [0.05, 0.1) is 6.61 Å². The Balaban J connectivity index is 2.47. The van der Waals surface area contributed by atoms with Gasteiger partial charge in [0.15, 0.2) is 0 Å². The lowest BCUT2D eigenvalue weighted by molar-refractivity contribution is -0.133. The number of carbonyl (C=O) groups is 1. The van der Waals surface area contributed by atoms with Crippen LogP contribution in [0.2, 0.25) is 0 Å². The monoisotopic (exact) mass is 271 g/mol. The minimum absolute atomic E-state index is 0.0968. The summed E-state index contributed by atoms with van der Waals surface area (Å²) in [6, 6.07) is 0.368. The fraction of sp³-hybridized carbons (Fsp3) is 0.929. The average molecular weight is 271 g/mol. The fourth-order valence-electron chi connectivity index (χ4n) is 2.59. The largest absolute Gasteiger partial charge is 0.383 e. The molecule has 112 valence electrons. The van der Waals surface area contributed by atoms with Gasteiger partial charge in [0.25, 0.3) is 0 Å². The fourth-order valence-corrected chi connectivity index (χ4v) is 2.59. The Kier molecular flexibility index (Phi) is 7.34. The van der Waals surface area contributed by atoms with E-state index in [9.17, 15) is 4.79 Å². The summed E-state index contributed by atoms with van der Waals surface area (Å²) >= 11 is 0. The molecule has 0 spiro atoms. The topological polar surface area (TPSA) is 58.8 Å². The SMILES string of the molecule is COCC(C)N(C)C(CN)CC(=O)N1CCCCC1. The molecule has 0 bridgehead atoms. The van der Waals surface area contributed by atoms with Crippen LogP contribution in [0.5, 0.6) is 0 Å². The maximum absolute atomic E-state index is 12.3. The second-order valence-electron chi connectivity index (χ2n) is 5.50. The molecule has 0 aliphatic carbocycles. The van der Waals surface area contributed by atoms with E-state index in [1.165, 1.54) is 6.42 Å². The maximum Gasteiger partial charge on any atom is 0.224 e. The van der Waals surface area contributed by atoms with Crippen LogP contribution in [-0.4, -0.2) is 68.2 Å². The summed E-state index contributed by atoms with van der Waals surface area (Å²) in [4.78, 5) is 16.4. The third kappa shape index (κ3) is 5.09. The quantitative estimate of drug-likeness (QED) is 0.740. The van der Waals surface area contributed by atoms with Crippen LogP contribution in [0.4, 0.5) is 0 Å². The molecule has 2 unspecified atom stereocenters. The lowest BCUT2D eigenvalue weighted by atomic mass is 10.1. The third-order valence-corrected chi connectivity index (χ3v) is 4.07. The van der Waals surface area contributed by atoms with Crippen molar-refractivity contribution in [1.29, 1.82) is 0 Å². The standard InChI is InChI=1S/C14H29N3O2/c1-12(11-19-3)16(2)13(10-15)9-14(18)17-7-5-4-6-8-17/h12-13H,4-11,15H2,1-3H3. The first-order valence-electron chi connectivity index (χ1n) is 7.28. The number of likely N-dealkylation sites (tertiary alicyclic amines) is 1. The van der Waals surface area contributed by atoms with Crippen molar-refractivity contribution in [2.45, 2.75) is 44.7 Å². The number of nitrogens with two attached hydrogens (primary N) is 1. The Labute approximate surface area is 117 Å². The van der Waals surface area contributed by atoms with Gasteiger partial charge in [-0.2, -0.15) is 0 Å². The van der Waals surface area contributed by atoms with Crippen molar-refractivity contribution in [3.8, 4) is 0 Å². The highest BCUT2D eigenvalue weighted by Crippen LogP contribution is 2.13. The molecule has 1 fully saturated rings. The lowest BCUT2D eigenvalue weighted by Crippen LogP contribution is -2.48. The van der Waals surface area contributed by atoms with Crippen LogP contribution in [0.25, 0.3) is 0 Å². The second kappa shape index (κ2) is 8.51. The summed E-state index contributed by atoms with van der Waals surface area (Å²) in [6.07, 6.45) is 4.03. The second-order valence-corrected chi connectivity index (χ2v) is 5.50. The van der Waals surface area contributed by atoms with Crippen LogP contribution in [0, 0.1) is 0 Å². The van der Waals surface area contributed by atoms with E-state index in [2.05, 4.69) is 11.8 Å². The molecule has 1 saturated heterocycles. The van der Waals surface area contributed by atoms with Gasteiger partial charge in [-0.15, -0.1) is 0 Å². The summed E-state index contributed by atoms with van der Waals surface area (Å²) in [5.41, 5.74) is 5.83. The van der Waals surface area contributed by atoms with Crippen LogP contribution < -0.4 is 5.73 Å². The van der Waals surface area contributed by atoms with E-state index in [4.69, 9.17) is 10.5 Å². The predicted molar refractivity (Wildman–Crippen MR) is 77.0 cm³/mol. The Bertz CT molecular complexity index is 267. The van der Waals surface area contributed by atoms with Crippen molar-refractivity contribution in [2.75, 3.05) is 40.4 Å². The molecule has 1 heterocycles. The van der Waals surface area contributed by atoms with Crippen molar-refractivity contribution in [3.63, 3.8) is 0 Å². The first-order valence-corrected chi connectivity index (χ1v) is 7.28. The highest BCUT2D eigenvalue weighted by Gasteiger charge is 2.24. The van der Waals surface area contributed by atoms with Gasteiger partial charge >= 0.3 is 0 Å². The molecule has 0 aromatic carbocycles. The number of ether oxygens (including phenoxy) is 1. The van der Waals surface area contributed by atoms with E-state index in [0.717, 1.165) is 25.9 Å². The van der Waals surface area contributed by atoms with Gasteiger partial charge in [0.1, 0.15) is 0 Å². The van der Waals surface area contributed by atoms with Gasteiger partial charge < -0.3 is 15.4 Å². The highest BCUT2D eigenvalue weighted by atomic mass is 16.5. The van der Waals surface area contributed by atoms with Crippen molar-refractivity contribution in [3.05, 3.63) is 0 Å². The molecule has 1 aliphatic rings. The molecule has 0 aromatic rings. The molecule has 1 amide bonds. The molecule has 19 heavy (non-hydrogen) atoms. The zero-order valence-corrected chi connectivity index (χ0v) is 12.6. The molecule has 0 saturated carbocycles. The molecular weight excluding hydrogens is 242 g/mol. The number of hydrogen-bond donors (Lipinski definition) is 1. The summed E-state index contributed by atoms with van der Waals surface area (Å²) in [7, 11) is 3.71. The molecule has 0 radical (unpaired) electrons. The summed E-state index contributed by atoms with van der Waals surface area (Å²) in [5, 5.41) is 0. The van der Waals surface area contributed by atoms with Gasteiger partial charge in [0, 0.05) is 45.2 Å². The predicted octanol–water partition coefficient (Wildman–Crippen LogP) is 0.683. The number of carbonyl (C=O) groups excluding carboxylic acids is 1. The van der Waals surface area contributed by atoms with E-state index in [1.807, 2.05) is 11.9 Å². The van der Waals surface area contributed by atoms with E-state index < -0.39 is 0 Å². The number of methoxy groups -OCH3 is 1. The first-order chi connectivity index (χ1) is 9.10. The Hall–Kier alpha value is -0.650. The molecule has 5 heteroatoms. The molecular formula is C14H29N3O2. The van der Waals surface area contributed by atoms with E-state index in [-0.39, 0.29) is 18.0 Å². The minimum Gasteiger partial charge on any atom is -0.383 e. The van der Waals surface area contributed by atoms with Crippen molar-refractivity contribution in [1.82, 2.24) is 9.80 Å². The van der Waals surface area contributed by atoms with Gasteiger partial charge in [-0.25, -0.2) is 0 Å². The Morgan fingerprint density at radius 1 is 1.37 bits per heavy atom. The van der Waals surface area contributed by atoms with Crippen LogP contribution in [-0.2, 0) is 9.53 Å². The van der Waals surface area contributed by atoms with Crippen LogP contribution in [0.15, 0.2) is 0 Å². The van der Waals surface area contributed by atoms with Crippen molar-refractivity contribution < 1.29 is 9.53 Å². The van der Waals surface area contributed by atoms with Crippen molar-refractivity contribution in [2.24, 2.45) is 5.73 Å². The van der Waals surface area contributed by atoms with Gasteiger partial charge in [0.2, 0.25) is 5.91 Å². The number of piperidine rings is 1. The summed E-state index contributed by atoms with van der Waals surface area (Å²) < 4.78 is 5.16.